The molecule has 1 fully saturated rings. The third-order valence-electron chi connectivity index (χ3n) is 4.85. The van der Waals surface area contributed by atoms with Crippen molar-refractivity contribution in [1.29, 1.82) is 0 Å². The van der Waals surface area contributed by atoms with E-state index >= 15 is 0 Å². The van der Waals surface area contributed by atoms with Crippen LogP contribution in [0.25, 0.3) is 0 Å². The van der Waals surface area contributed by atoms with Crippen LogP contribution in [0.1, 0.15) is 33.9 Å². The van der Waals surface area contributed by atoms with Gasteiger partial charge in [-0.25, -0.2) is 0 Å². The van der Waals surface area contributed by atoms with Crippen molar-refractivity contribution < 1.29 is 14.0 Å². The fourth-order valence-corrected chi connectivity index (χ4v) is 3.40. The molecule has 144 valence electrons. The molecular formula is C21H27N3O3. The lowest BCUT2D eigenvalue weighted by Gasteiger charge is -2.21. The van der Waals surface area contributed by atoms with Crippen molar-refractivity contribution in [3.05, 3.63) is 59.0 Å². The molecule has 2 amide bonds. The number of amides is 2. The Morgan fingerprint density at radius 3 is 2.56 bits per heavy atom. The van der Waals surface area contributed by atoms with Crippen LogP contribution in [0.15, 0.2) is 40.8 Å². The molecule has 27 heavy (non-hydrogen) atoms. The standard InChI is InChI=1S/C21H27N3O3/c1-16-13-19(17(2)27-16)21(26)24-10-6-9-23(11-12-24)15-20(25)22-14-18-7-4-3-5-8-18/h3-5,7-8,13H,6,9-12,14-15H2,1-2H3,(H,22,25). The van der Waals surface area contributed by atoms with Gasteiger partial charge in [0.05, 0.1) is 12.1 Å². The number of carbonyl (C=O) groups excluding carboxylic acids is 2. The molecule has 1 aromatic carbocycles. The molecule has 1 aliphatic heterocycles. The highest BCUT2D eigenvalue weighted by Gasteiger charge is 2.24. The summed E-state index contributed by atoms with van der Waals surface area (Å²) < 4.78 is 5.48. The number of carbonyl (C=O) groups is 2. The lowest BCUT2D eigenvalue weighted by Crippen LogP contribution is -2.39. The van der Waals surface area contributed by atoms with Gasteiger partial charge in [0.2, 0.25) is 5.91 Å². The van der Waals surface area contributed by atoms with Crippen molar-refractivity contribution in [2.24, 2.45) is 0 Å². The molecule has 1 N–H and O–H groups in total. The van der Waals surface area contributed by atoms with Gasteiger partial charge in [-0.2, -0.15) is 0 Å². The minimum atomic E-state index is 0.0136. The highest BCUT2D eigenvalue weighted by molar-refractivity contribution is 5.95. The highest BCUT2D eigenvalue weighted by atomic mass is 16.3. The number of nitrogens with zero attached hydrogens (tertiary/aromatic N) is 2. The molecule has 1 saturated heterocycles. The van der Waals surface area contributed by atoms with E-state index in [2.05, 4.69) is 10.2 Å². The van der Waals surface area contributed by atoms with Crippen molar-refractivity contribution in [2.75, 3.05) is 32.7 Å². The van der Waals surface area contributed by atoms with E-state index in [1.54, 1.807) is 6.07 Å². The largest absolute Gasteiger partial charge is 0.466 e. The minimum absolute atomic E-state index is 0.0136. The number of hydrogen-bond acceptors (Lipinski definition) is 4. The van der Waals surface area contributed by atoms with Crippen LogP contribution in [-0.4, -0.2) is 54.3 Å². The summed E-state index contributed by atoms with van der Waals surface area (Å²) in [5.41, 5.74) is 1.73. The van der Waals surface area contributed by atoms with Crippen molar-refractivity contribution in [3.8, 4) is 0 Å². The van der Waals surface area contributed by atoms with Crippen LogP contribution in [0.4, 0.5) is 0 Å². The Morgan fingerprint density at radius 2 is 1.85 bits per heavy atom. The fourth-order valence-electron chi connectivity index (χ4n) is 3.40. The quantitative estimate of drug-likeness (QED) is 0.879. The Hall–Kier alpha value is -2.60. The first-order chi connectivity index (χ1) is 13.0. The zero-order chi connectivity index (χ0) is 19.2. The van der Waals surface area contributed by atoms with Gasteiger partial charge in [-0.15, -0.1) is 0 Å². The predicted molar refractivity (Wildman–Crippen MR) is 103 cm³/mol. The second kappa shape index (κ2) is 8.86. The molecule has 0 aliphatic carbocycles. The van der Waals surface area contributed by atoms with E-state index in [-0.39, 0.29) is 11.8 Å². The van der Waals surface area contributed by atoms with Crippen LogP contribution >= 0.6 is 0 Å². The van der Waals surface area contributed by atoms with Gasteiger partial charge in [-0.1, -0.05) is 30.3 Å². The topological polar surface area (TPSA) is 65.8 Å². The molecule has 6 heteroatoms. The lowest BCUT2D eigenvalue weighted by atomic mass is 10.2. The summed E-state index contributed by atoms with van der Waals surface area (Å²) in [5.74, 6) is 1.45. The maximum atomic E-state index is 12.7. The first-order valence-electron chi connectivity index (χ1n) is 9.42. The molecule has 1 aliphatic rings. The number of furan rings is 1. The zero-order valence-corrected chi connectivity index (χ0v) is 16.0. The third kappa shape index (κ3) is 5.20. The molecular weight excluding hydrogens is 342 g/mol. The van der Waals surface area contributed by atoms with Crippen LogP contribution in [0.5, 0.6) is 0 Å². The number of rotatable bonds is 5. The molecule has 0 radical (unpaired) electrons. The first kappa shape index (κ1) is 19.2. The molecule has 0 saturated carbocycles. The molecule has 0 spiro atoms. The Morgan fingerprint density at radius 1 is 1.07 bits per heavy atom. The summed E-state index contributed by atoms with van der Waals surface area (Å²) in [6.07, 6.45) is 0.855. The van der Waals surface area contributed by atoms with Crippen molar-refractivity contribution in [3.63, 3.8) is 0 Å². The van der Waals surface area contributed by atoms with Crippen LogP contribution in [0, 0.1) is 13.8 Å². The van der Waals surface area contributed by atoms with Crippen LogP contribution < -0.4 is 5.32 Å². The van der Waals surface area contributed by atoms with Gasteiger partial charge >= 0.3 is 0 Å². The molecule has 0 bridgehead atoms. The van der Waals surface area contributed by atoms with Crippen LogP contribution in [-0.2, 0) is 11.3 Å². The minimum Gasteiger partial charge on any atom is -0.466 e. The molecule has 3 rings (SSSR count). The Bertz CT molecular complexity index is 785. The predicted octanol–water partition coefficient (Wildman–Crippen LogP) is 2.36. The van der Waals surface area contributed by atoms with E-state index in [1.807, 2.05) is 49.1 Å². The first-order valence-corrected chi connectivity index (χ1v) is 9.42. The van der Waals surface area contributed by atoms with Gasteiger partial charge in [0.25, 0.3) is 5.91 Å². The van der Waals surface area contributed by atoms with Crippen molar-refractivity contribution >= 4 is 11.8 Å². The van der Waals surface area contributed by atoms with Crippen LogP contribution in [0.3, 0.4) is 0 Å². The Labute approximate surface area is 160 Å². The number of hydrogen-bond donors (Lipinski definition) is 1. The van der Waals surface area contributed by atoms with E-state index in [1.165, 1.54) is 0 Å². The van der Waals surface area contributed by atoms with Gasteiger partial charge in [-0.05, 0) is 31.9 Å². The van der Waals surface area contributed by atoms with Crippen molar-refractivity contribution in [2.45, 2.75) is 26.8 Å². The fraction of sp³-hybridized carbons (Fsp3) is 0.429. The number of benzene rings is 1. The van der Waals surface area contributed by atoms with E-state index in [4.69, 9.17) is 4.42 Å². The molecule has 0 atom stereocenters. The van der Waals surface area contributed by atoms with Gasteiger partial charge in [0.1, 0.15) is 11.5 Å². The van der Waals surface area contributed by atoms with Gasteiger partial charge in [0.15, 0.2) is 0 Å². The molecule has 2 heterocycles. The van der Waals surface area contributed by atoms with Gasteiger partial charge in [-0.3, -0.25) is 14.5 Å². The van der Waals surface area contributed by atoms with Crippen LogP contribution in [0.2, 0.25) is 0 Å². The molecule has 6 nitrogen and oxygen atoms in total. The summed E-state index contributed by atoms with van der Waals surface area (Å²) in [5, 5.41) is 2.96. The zero-order valence-electron chi connectivity index (χ0n) is 16.0. The number of nitrogens with one attached hydrogen (secondary N) is 1. The summed E-state index contributed by atoms with van der Waals surface area (Å²) in [7, 11) is 0. The highest BCUT2D eigenvalue weighted by Crippen LogP contribution is 2.17. The lowest BCUT2D eigenvalue weighted by molar-refractivity contribution is -0.122. The van der Waals surface area contributed by atoms with Gasteiger partial charge in [0, 0.05) is 32.7 Å². The molecule has 2 aromatic rings. The van der Waals surface area contributed by atoms with Crippen molar-refractivity contribution in [1.82, 2.24) is 15.1 Å². The second-order valence-electron chi connectivity index (χ2n) is 7.01. The summed E-state index contributed by atoms with van der Waals surface area (Å²) in [4.78, 5) is 29.0. The smallest absolute Gasteiger partial charge is 0.257 e. The van der Waals surface area contributed by atoms with E-state index in [0.717, 1.165) is 24.3 Å². The normalized spacial score (nSPS) is 15.4. The SMILES string of the molecule is Cc1cc(C(=O)N2CCCN(CC(=O)NCc3ccccc3)CC2)c(C)o1. The summed E-state index contributed by atoms with van der Waals surface area (Å²) in [6.45, 7) is 7.39. The maximum absolute atomic E-state index is 12.7. The van der Waals surface area contributed by atoms with E-state index < -0.39 is 0 Å². The average Bonchev–Trinajstić information content (AvgIpc) is 2.85. The Balaban J connectivity index is 1.48. The van der Waals surface area contributed by atoms with Gasteiger partial charge < -0.3 is 14.6 Å². The van der Waals surface area contributed by atoms with E-state index in [0.29, 0.717) is 44.0 Å². The molecule has 0 unspecified atom stereocenters. The summed E-state index contributed by atoms with van der Waals surface area (Å²) in [6, 6.07) is 11.7. The number of aryl methyl sites for hydroxylation is 2. The average molecular weight is 369 g/mol. The monoisotopic (exact) mass is 369 g/mol. The maximum Gasteiger partial charge on any atom is 0.257 e. The van der Waals surface area contributed by atoms with E-state index in [9.17, 15) is 9.59 Å². The summed E-state index contributed by atoms with van der Waals surface area (Å²) >= 11 is 0. The second-order valence-corrected chi connectivity index (χ2v) is 7.01. The molecule has 1 aromatic heterocycles. The third-order valence-corrected chi connectivity index (χ3v) is 4.85. The Kier molecular flexibility index (Phi) is 6.29.